The van der Waals surface area contributed by atoms with Gasteiger partial charge in [0.2, 0.25) is 5.91 Å². The molecule has 0 aliphatic carbocycles. The van der Waals surface area contributed by atoms with Crippen molar-refractivity contribution in [2.75, 3.05) is 19.4 Å². The number of thioether (sulfide) groups is 1. The maximum absolute atomic E-state index is 11.9. The summed E-state index contributed by atoms with van der Waals surface area (Å²) < 4.78 is 10.5. The molecule has 0 aliphatic rings. The number of methoxy groups -OCH3 is 1. The van der Waals surface area contributed by atoms with Crippen LogP contribution in [0.15, 0.2) is 41.0 Å². The third-order valence-electron chi connectivity index (χ3n) is 3.49. The van der Waals surface area contributed by atoms with E-state index < -0.39 is 0 Å². The van der Waals surface area contributed by atoms with E-state index in [0.717, 1.165) is 40.6 Å². The summed E-state index contributed by atoms with van der Waals surface area (Å²) in [5, 5.41) is 2.96. The maximum Gasteiger partial charge on any atom is 0.220 e. The fraction of sp³-hybridized carbons (Fsp3) is 0.389. The van der Waals surface area contributed by atoms with Crippen LogP contribution in [0, 0.1) is 6.92 Å². The van der Waals surface area contributed by atoms with Gasteiger partial charge in [0.05, 0.1) is 19.1 Å². The number of furan rings is 1. The largest absolute Gasteiger partial charge is 0.496 e. The Kier molecular flexibility index (Phi) is 7.07. The van der Waals surface area contributed by atoms with Crippen molar-refractivity contribution in [1.82, 2.24) is 5.32 Å². The third kappa shape index (κ3) is 6.02. The topological polar surface area (TPSA) is 51.5 Å². The van der Waals surface area contributed by atoms with Gasteiger partial charge in [-0.15, -0.1) is 0 Å². The Balaban J connectivity index is 1.60. The van der Waals surface area contributed by atoms with Gasteiger partial charge in [0, 0.05) is 18.7 Å². The molecule has 5 heteroatoms. The van der Waals surface area contributed by atoms with E-state index in [1.165, 1.54) is 0 Å². The van der Waals surface area contributed by atoms with Crippen LogP contribution >= 0.6 is 11.8 Å². The number of rotatable bonds is 9. The second-order valence-corrected chi connectivity index (χ2v) is 6.39. The molecular formula is C18H23NO3S. The van der Waals surface area contributed by atoms with E-state index in [1.807, 2.05) is 31.2 Å². The summed E-state index contributed by atoms with van der Waals surface area (Å²) >= 11 is 1.75. The molecule has 0 atom stereocenters. The Labute approximate surface area is 141 Å². The van der Waals surface area contributed by atoms with Gasteiger partial charge in [-0.05, 0) is 42.7 Å². The number of nitrogens with one attached hydrogen (secondary N) is 1. The molecule has 1 heterocycles. The average molecular weight is 333 g/mol. The van der Waals surface area contributed by atoms with Crippen LogP contribution in [-0.2, 0) is 17.0 Å². The van der Waals surface area contributed by atoms with E-state index in [1.54, 1.807) is 25.1 Å². The van der Waals surface area contributed by atoms with E-state index in [0.29, 0.717) is 13.0 Å². The van der Waals surface area contributed by atoms with Gasteiger partial charge in [-0.1, -0.05) is 12.1 Å². The van der Waals surface area contributed by atoms with Gasteiger partial charge in [-0.2, -0.15) is 11.8 Å². The number of ether oxygens (including phenoxy) is 1. The molecule has 2 aromatic rings. The van der Waals surface area contributed by atoms with E-state index in [2.05, 4.69) is 11.4 Å². The maximum atomic E-state index is 11.9. The quantitative estimate of drug-likeness (QED) is 0.713. The molecule has 4 nitrogen and oxygen atoms in total. The SMILES string of the molecule is COc1ccc(CCC(=O)NCCSCc2ccco2)cc1C. The second-order valence-electron chi connectivity index (χ2n) is 5.29. The predicted molar refractivity (Wildman–Crippen MR) is 93.9 cm³/mol. The summed E-state index contributed by atoms with van der Waals surface area (Å²) in [7, 11) is 1.67. The minimum Gasteiger partial charge on any atom is -0.496 e. The Morgan fingerprint density at radius 2 is 2.22 bits per heavy atom. The second kappa shape index (κ2) is 9.30. The molecule has 0 saturated heterocycles. The Morgan fingerprint density at radius 3 is 2.91 bits per heavy atom. The average Bonchev–Trinajstić information content (AvgIpc) is 3.06. The van der Waals surface area contributed by atoms with Gasteiger partial charge >= 0.3 is 0 Å². The molecule has 0 bridgehead atoms. The normalized spacial score (nSPS) is 10.5. The molecule has 0 fully saturated rings. The molecule has 0 aliphatic heterocycles. The van der Waals surface area contributed by atoms with Crippen molar-refractivity contribution in [1.29, 1.82) is 0 Å². The smallest absolute Gasteiger partial charge is 0.220 e. The van der Waals surface area contributed by atoms with Crippen LogP contribution in [0.1, 0.15) is 23.3 Å². The molecule has 0 unspecified atom stereocenters. The molecule has 1 aromatic carbocycles. The molecule has 124 valence electrons. The molecule has 1 amide bonds. The molecule has 0 spiro atoms. The summed E-state index contributed by atoms with van der Waals surface area (Å²) in [5.41, 5.74) is 2.25. The number of hydrogen-bond acceptors (Lipinski definition) is 4. The van der Waals surface area contributed by atoms with Crippen molar-refractivity contribution in [2.24, 2.45) is 0 Å². The highest BCUT2D eigenvalue weighted by Crippen LogP contribution is 2.19. The van der Waals surface area contributed by atoms with E-state index >= 15 is 0 Å². The molecule has 1 N–H and O–H groups in total. The summed E-state index contributed by atoms with van der Waals surface area (Å²) in [6.07, 6.45) is 2.93. The van der Waals surface area contributed by atoms with Gasteiger partial charge in [0.25, 0.3) is 0 Å². The van der Waals surface area contributed by atoms with Crippen LogP contribution in [0.2, 0.25) is 0 Å². The lowest BCUT2D eigenvalue weighted by atomic mass is 10.1. The minimum atomic E-state index is 0.0945. The standard InChI is InChI=1S/C18H23NO3S/c1-14-12-15(5-7-17(14)21-2)6-8-18(20)19-9-11-23-13-16-4-3-10-22-16/h3-5,7,10,12H,6,8-9,11,13H2,1-2H3,(H,19,20). The summed E-state index contributed by atoms with van der Waals surface area (Å²) in [6.45, 7) is 2.70. The first-order valence-electron chi connectivity index (χ1n) is 7.69. The molecule has 0 radical (unpaired) electrons. The van der Waals surface area contributed by atoms with Gasteiger partial charge in [-0.25, -0.2) is 0 Å². The van der Waals surface area contributed by atoms with Crippen molar-refractivity contribution in [3.05, 3.63) is 53.5 Å². The highest BCUT2D eigenvalue weighted by atomic mass is 32.2. The first-order valence-corrected chi connectivity index (χ1v) is 8.85. The van der Waals surface area contributed by atoms with Crippen molar-refractivity contribution < 1.29 is 13.9 Å². The van der Waals surface area contributed by atoms with Crippen LogP contribution in [0.4, 0.5) is 0 Å². The zero-order chi connectivity index (χ0) is 16.5. The van der Waals surface area contributed by atoms with Gasteiger partial charge in [-0.3, -0.25) is 4.79 Å². The van der Waals surface area contributed by atoms with Crippen LogP contribution in [0.3, 0.4) is 0 Å². The van der Waals surface area contributed by atoms with Crippen LogP contribution in [0.25, 0.3) is 0 Å². The number of amides is 1. The summed E-state index contributed by atoms with van der Waals surface area (Å²) in [6, 6.07) is 9.89. The molecule has 0 saturated carbocycles. The highest BCUT2D eigenvalue weighted by Gasteiger charge is 2.04. The molecule has 2 rings (SSSR count). The Bertz CT molecular complexity index is 611. The predicted octanol–water partition coefficient (Wildman–Crippen LogP) is 3.58. The number of benzene rings is 1. The van der Waals surface area contributed by atoms with Gasteiger partial charge < -0.3 is 14.5 Å². The fourth-order valence-electron chi connectivity index (χ4n) is 2.27. The zero-order valence-electron chi connectivity index (χ0n) is 13.6. The minimum absolute atomic E-state index is 0.0945. The Morgan fingerprint density at radius 1 is 1.35 bits per heavy atom. The summed E-state index contributed by atoms with van der Waals surface area (Å²) in [4.78, 5) is 11.9. The number of carbonyl (C=O) groups excluding carboxylic acids is 1. The lowest BCUT2D eigenvalue weighted by Gasteiger charge is -2.08. The van der Waals surface area contributed by atoms with E-state index in [4.69, 9.17) is 9.15 Å². The van der Waals surface area contributed by atoms with E-state index in [9.17, 15) is 4.79 Å². The Hall–Kier alpha value is -1.88. The first-order chi connectivity index (χ1) is 11.2. The number of carbonyl (C=O) groups is 1. The van der Waals surface area contributed by atoms with Crippen molar-refractivity contribution in [3.8, 4) is 5.75 Å². The molecular weight excluding hydrogens is 310 g/mol. The number of aryl methyl sites for hydroxylation is 2. The lowest BCUT2D eigenvalue weighted by molar-refractivity contribution is -0.120. The molecule has 23 heavy (non-hydrogen) atoms. The van der Waals surface area contributed by atoms with Crippen molar-refractivity contribution >= 4 is 17.7 Å². The highest BCUT2D eigenvalue weighted by molar-refractivity contribution is 7.98. The lowest BCUT2D eigenvalue weighted by Crippen LogP contribution is -2.25. The van der Waals surface area contributed by atoms with Crippen LogP contribution < -0.4 is 10.1 Å². The molecule has 1 aromatic heterocycles. The van der Waals surface area contributed by atoms with Crippen molar-refractivity contribution in [3.63, 3.8) is 0 Å². The van der Waals surface area contributed by atoms with Gasteiger partial charge in [0.15, 0.2) is 0 Å². The van der Waals surface area contributed by atoms with Gasteiger partial charge in [0.1, 0.15) is 11.5 Å². The van der Waals surface area contributed by atoms with Crippen LogP contribution in [-0.4, -0.2) is 25.3 Å². The zero-order valence-corrected chi connectivity index (χ0v) is 14.4. The summed E-state index contributed by atoms with van der Waals surface area (Å²) in [5.74, 6) is 3.67. The first kappa shape index (κ1) is 17.5. The number of hydrogen-bond donors (Lipinski definition) is 1. The van der Waals surface area contributed by atoms with Crippen molar-refractivity contribution in [2.45, 2.75) is 25.5 Å². The monoisotopic (exact) mass is 333 g/mol. The van der Waals surface area contributed by atoms with E-state index in [-0.39, 0.29) is 5.91 Å². The van der Waals surface area contributed by atoms with Crippen LogP contribution in [0.5, 0.6) is 5.75 Å². The fourth-order valence-corrected chi connectivity index (χ4v) is 3.03. The third-order valence-corrected chi connectivity index (χ3v) is 4.47.